The predicted molar refractivity (Wildman–Crippen MR) is 131 cm³/mol. The Morgan fingerprint density at radius 1 is 1.15 bits per heavy atom. The summed E-state index contributed by atoms with van der Waals surface area (Å²) in [6.45, 7) is 0.440. The first kappa shape index (κ1) is 23.8. The topological polar surface area (TPSA) is 96.5 Å². The number of carbonyl (C=O) groups excluding carboxylic acids is 1. The number of carbonyl (C=O) groups is 2. The van der Waals surface area contributed by atoms with E-state index in [0.29, 0.717) is 63.2 Å². The van der Waals surface area contributed by atoms with E-state index in [2.05, 4.69) is 9.97 Å². The second-order valence-electron chi connectivity index (χ2n) is 7.56. The number of rotatable bonds is 9. The lowest BCUT2D eigenvalue weighted by molar-refractivity contribution is -0.137. The van der Waals surface area contributed by atoms with E-state index in [1.54, 1.807) is 42.7 Å². The van der Waals surface area contributed by atoms with Crippen molar-refractivity contribution in [3.63, 3.8) is 0 Å². The van der Waals surface area contributed by atoms with Crippen molar-refractivity contribution in [3.05, 3.63) is 65.5 Å². The first-order valence-corrected chi connectivity index (χ1v) is 11.8. The van der Waals surface area contributed by atoms with Gasteiger partial charge >= 0.3 is 5.97 Å². The lowest BCUT2D eigenvalue weighted by atomic mass is 10.1. The highest BCUT2D eigenvalue weighted by Crippen LogP contribution is 2.34. The van der Waals surface area contributed by atoms with Crippen LogP contribution in [0.15, 0.2) is 58.4 Å². The Labute approximate surface area is 204 Å². The highest BCUT2D eigenvalue weighted by atomic mass is 32.2. The number of unbranched alkanes of at least 4 members (excludes halogenated alkanes) is 2. The molecule has 174 valence electrons. The third-order valence-electron chi connectivity index (χ3n) is 5.17. The molecule has 0 saturated carbocycles. The first-order valence-electron chi connectivity index (χ1n) is 10.5. The zero-order chi connectivity index (χ0) is 24.1. The van der Waals surface area contributed by atoms with Gasteiger partial charge in [-0.15, -0.1) is 0 Å². The largest absolute Gasteiger partial charge is 0.481 e. The lowest BCUT2D eigenvalue weighted by Crippen LogP contribution is -2.29. The average molecular weight is 498 g/mol. The fourth-order valence-electron chi connectivity index (χ4n) is 3.46. The molecule has 0 aliphatic carbocycles. The smallest absolute Gasteiger partial charge is 0.303 e. The van der Waals surface area contributed by atoms with Gasteiger partial charge in [-0.3, -0.25) is 14.5 Å². The molecule has 3 heterocycles. The van der Waals surface area contributed by atoms with E-state index in [-0.39, 0.29) is 12.3 Å². The van der Waals surface area contributed by atoms with E-state index < -0.39 is 11.8 Å². The molecule has 34 heavy (non-hydrogen) atoms. The van der Waals surface area contributed by atoms with Crippen molar-refractivity contribution in [3.8, 4) is 22.5 Å². The van der Waals surface area contributed by atoms with Crippen molar-refractivity contribution >= 4 is 46.3 Å². The maximum Gasteiger partial charge on any atom is 0.303 e. The monoisotopic (exact) mass is 497 g/mol. The second kappa shape index (κ2) is 10.7. The SMILES string of the molecule is O=C(O)CCCCCN1C(=O)/C(=C\c2ccc(-c3ccc(-c4cncnc4)cc3F)o2)SC1=S. The molecule has 0 spiro atoms. The number of nitrogens with zero attached hydrogens (tertiary/aromatic N) is 3. The Bertz CT molecular complexity index is 1260. The fraction of sp³-hybridized carbons (Fsp3) is 0.208. The van der Waals surface area contributed by atoms with E-state index in [1.807, 2.05) is 0 Å². The van der Waals surface area contributed by atoms with Crippen LogP contribution in [0.25, 0.3) is 28.5 Å². The fourth-order valence-corrected chi connectivity index (χ4v) is 4.75. The van der Waals surface area contributed by atoms with E-state index >= 15 is 0 Å². The summed E-state index contributed by atoms with van der Waals surface area (Å²) in [6.07, 6.45) is 8.27. The number of aromatic nitrogens is 2. The molecule has 0 unspecified atom stereocenters. The number of amides is 1. The first-order chi connectivity index (χ1) is 16.4. The molecule has 1 saturated heterocycles. The summed E-state index contributed by atoms with van der Waals surface area (Å²) in [5.74, 6) is -0.735. The van der Waals surface area contributed by atoms with Gasteiger partial charge in [0.2, 0.25) is 0 Å². The van der Waals surface area contributed by atoms with Crippen LogP contribution >= 0.6 is 24.0 Å². The molecule has 1 aromatic carbocycles. The van der Waals surface area contributed by atoms with E-state index in [1.165, 1.54) is 29.1 Å². The van der Waals surface area contributed by atoms with Crippen molar-refractivity contribution in [2.45, 2.75) is 25.7 Å². The Hall–Kier alpha value is -3.37. The van der Waals surface area contributed by atoms with Gasteiger partial charge in [0.25, 0.3) is 5.91 Å². The number of benzene rings is 1. The molecule has 1 N–H and O–H groups in total. The van der Waals surface area contributed by atoms with Crippen LogP contribution in [0.4, 0.5) is 4.39 Å². The summed E-state index contributed by atoms with van der Waals surface area (Å²) in [6, 6.07) is 8.12. The zero-order valence-electron chi connectivity index (χ0n) is 17.9. The highest BCUT2D eigenvalue weighted by molar-refractivity contribution is 8.26. The van der Waals surface area contributed by atoms with Crippen molar-refractivity contribution in [2.75, 3.05) is 6.54 Å². The molecule has 4 rings (SSSR count). The van der Waals surface area contributed by atoms with Crippen LogP contribution in [0.2, 0.25) is 0 Å². The molecule has 1 fully saturated rings. The van der Waals surface area contributed by atoms with E-state index in [4.69, 9.17) is 21.7 Å². The molecule has 1 aliphatic rings. The number of hydrogen-bond donors (Lipinski definition) is 1. The van der Waals surface area contributed by atoms with Gasteiger partial charge in [0.15, 0.2) is 0 Å². The summed E-state index contributed by atoms with van der Waals surface area (Å²) < 4.78 is 21.0. The number of carboxylic acids is 1. The number of furan rings is 1. The van der Waals surface area contributed by atoms with Crippen molar-refractivity contribution in [2.24, 2.45) is 0 Å². The number of hydrogen-bond acceptors (Lipinski definition) is 7. The molecule has 0 radical (unpaired) electrons. The van der Waals surface area contributed by atoms with Crippen LogP contribution in [0.3, 0.4) is 0 Å². The Morgan fingerprint density at radius 3 is 2.68 bits per heavy atom. The van der Waals surface area contributed by atoms with Crippen LogP contribution in [-0.4, -0.2) is 42.7 Å². The van der Waals surface area contributed by atoms with Gasteiger partial charge in [-0.2, -0.15) is 0 Å². The minimum absolute atomic E-state index is 0.114. The number of thiocarbonyl (C=S) groups is 1. The van der Waals surface area contributed by atoms with Crippen molar-refractivity contribution in [1.29, 1.82) is 0 Å². The van der Waals surface area contributed by atoms with Gasteiger partial charge in [-0.1, -0.05) is 36.5 Å². The molecule has 10 heteroatoms. The van der Waals surface area contributed by atoms with Gasteiger partial charge < -0.3 is 9.52 Å². The maximum absolute atomic E-state index is 14.8. The third kappa shape index (κ3) is 5.57. The number of halogens is 1. The Balaban J connectivity index is 1.43. The summed E-state index contributed by atoms with van der Waals surface area (Å²) in [4.78, 5) is 33.2. The number of carboxylic acid groups (broad SMARTS) is 1. The molecule has 7 nitrogen and oxygen atoms in total. The molecule has 0 atom stereocenters. The van der Waals surface area contributed by atoms with Crippen LogP contribution in [0.5, 0.6) is 0 Å². The molecular weight excluding hydrogens is 477 g/mol. The lowest BCUT2D eigenvalue weighted by Gasteiger charge is -2.13. The zero-order valence-corrected chi connectivity index (χ0v) is 19.6. The van der Waals surface area contributed by atoms with Gasteiger partial charge in [0.05, 0.1) is 10.5 Å². The minimum Gasteiger partial charge on any atom is -0.481 e. The van der Waals surface area contributed by atoms with Crippen LogP contribution in [0, 0.1) is 5.82 Å². The summed E-state index contributed by atoms with van der Waals surface area (Å²) in [7, 11) is 0. The summed E-state index contributed by atoms with van der Waals surface area (Å²) >= 11 is 6.51. The van der Waals surface area contributed by atoms with Crippen molar-refractivity contribution in [1.82, 2.24) is 14.9 Å². The normalized spacial score (nSPS) is 14.9. The average Bonchev–Trinajstić information content (AvgIpc) is 3.38. The molecule has 0 bridgehead atoms. The molecule has 1 aliphatic heterocycles. The Kier molecular flexibility index (Phi) is 7.49. The number of aliphatic carboxylic acids is 1. The Morgan fingerprint density at radius 2 is 1.94 bits per heavy atom. The third-order valence-corrected chi connectivity index (χ3v) is 6.55. The minimum atomic E-state index is -0.826. The highest BCUT2D eigenvalue weighted by Gasteiger charge is 2.31. The van der Waals surface area contributed by atoms with Gasteiger partial charge in [-0.05, 0) is 42.7 Å². The maximum atomic E-state index is 14.8. The summed E-state index contributed by atoms with van der Waals surface area (Å²) in [5.41, 5.74) is 1.66. The quantitative estimate of drug-likeness (QED) is 0.239. The standard InChI is InChI=1S/C24H20FN3O4S2/c25-19-10-15(16-12-26-14-27-13-16)5-7-18(19)20-8-6-17(32-20)11-21-23(31)28(24(33)34-21)9-3-1-2-4-22(29)30/h5-8,10-14H,1-4,9H2,(H,29,30)/b21-11+. The van der Waals surface area contributed by atoms with Crippen LogP contribution < -0.4 is 0 Å². The molecule has 2 aromatic heterocycles. The summed E-state index contributed by atoms with van der Waals surface area (Å²) in [5, 5.41) is 8.70. The molecule has 3 aromatic rings. The second-order valence-corrected chi connectivity index (χ2v) is 9.24. The van der Waals surface area contributed by atoms with Gasteiger partial charge in [0, 0.05) is 37.0 Å². The van der Waals surface area contributed by atoms with Crippen LogP contribution in [-0.2, 0) is 9.59 Å². The molecule has 1 amide bonds. The van der Waals surface area contributed by atoms with E-state index in [9.17, 15) is 14.0 Å². The van der Waals surface area contributed by atoms with Crippen LogP contribution in [0.1, 0.15) is 31.4 Å². The predicted octanol–water partition coefficient (Wildman–Crippen LogP) is 5.39. The van der Waals surface area contributed by atoms with Gasteiger partial charge in [0.1, 0.15) is 28.0 Å². The number of thioether (sulfide) groups is 1. The molecular formula is C24H20FN3O4S2. The van der Waals surface area contributed by atoms with E-state index in [0.717, 1.165) is 0 Å². The van der Waals surface area contributed by atoms with Crippen molar-refractivity contribution < 1.29 is 23.5 Å². The van der Waals surface area contributed by atoms with Gasteiger partial charge in [-0.25, -0.2) is 14.4 Å².